The van der Waals surface area contributed by atoms with E-state index in [0.29, 0.717) is 31.8 Å². The Morgan fingerprint density at radius 2 is 1.89 bits per heavy atom. The molecule has 0 aliphatic rings. The highest BCUT2D eigenvalue weighted by Gasteiger charge is 2.22. The van der Waals surface area contributed by atoms with Crippen molar-refractivity contribution in [2.75, 3.05) is 27.2 Å². The van der Waals surface area contributed by atoms with Gasteiger partial charge in [-0.15, -0.1) is 29.9 Å². The standard InChI is InChI=1S/C19H31N5O2.2ClH/c1-12-14(8-9-15(25)23(5)11-19(3,4)10-20)13(2)21-17-16(12)18(26-7)22-24(17)6;;/h8-11,20H2,1-7H3;2*1H. The Kier molecular flexibility index (Phi) is 9.70. The summed E-state index contributed by atoms with van der Waals surface area (Å²) >= 11 is 0. The zero-order valence-electron chi connectivity index (χ0n) is 17.8. The van der Waals surface area contributed by atoms with Crippen molar-refractivity contribution in [3.63, 3.8) is 0 Å². The molecular formula is C19H33Cl2N5O2. The first kappa shape index (κ1) is 26.4. The summed E-state index contributed by atoms with van der Waals surface area (Å²) in [4.78, 5) is 19.0. The molecule has 2 aromatic rings. The number of ether oxygens (including phenoxy) is 1. The van der Waals surface area contributed by atoms with Crippen molar-refractivity contribution < 1.29 is 9.53 Å². The molecular weight excluding hydrogens is 401 g/mol. The van der Waals surface area contributed by atoms with Crippen LogP contribution in [0.15, 0.2) is 0 Å². The van der Waals surface area contributed by atoms with Gasteiger partial charge in [0, 0.05) is 32.8 Å². The summed E-state index contributed by atoms with van der Waals surface area (Å²) in [7, 11) is 5.30. The SMILES string of the molecule is COc1nn(C)c2nc(C)c(CCC(=O)N(C)CC(C)(C)CN)c(C)c12.Cl.Cl. The van der Waals surface area contributed by atoms with E-state index in [4.69, 9.17) is 10.5 Å². The van der Waals surface area contributed by atoms with Gasteiger partial charge in [0.05, 0.1) is 12.5 Å². The number of carbonyl (C=O) groups excluding carboxylic acids is 1. The Balaban J connectivity index is 0.00000364. The Bertz CT molecular complexity index is 820. The fraction of sp³-hybridized carbons (Fsp3) is 0.632. The van der Waals surface area contributed by atoms with Gasteiger partial charge in [0.25, 0.3) is 0 Å². The van der Waals surface area contributed by atoms with Crippen molar-refractivity contribution in [1.29, 1.82) is 0 Å². The summed E-state index contributed by atoms with van der Waals surface area (Å²) in [5, 5.41) is 5.29. The van der Waals surface area contributed by atoms with Gasteiger partial charge in [-0.05, 0) is 43.4 Å². The quantitative estimate of drug-likeness (QED) is 0.724. The maximum atomic E-state index is 12.5. The minimum absolute atomic E-state index is 0. The summed E-state index contributed by atoms with van der Waals surface area (Å²) in [6.45, 7) is 9.35. The fourth-order valence-electron chi connectivity index (χ4n) is 3.32. The molecule has 9 heteroatoms. The summed E-state index contributed by atoms with van der Waals surface area (Å²) in [5.41, 5.74) is 9.59. The number of halogens is 2. The van der Waals surface area contributed by atoms with E-state index >= 15 is 0 Å². The van der Waals surface area contributed by atoms with E-state index in [0.717, 1.165) is 27.9 Å². The van der Waals surface area contributed by atoms with Gasteiger partial charge in [0.2, 0.25) is 11.8 Å². The van der Waals surface area contributed by atoms with Crippen LogP contribution >= 0.6 is 24.8 Å². The van der Waals surface area contributed by atoms with Crippen LogP contribution in [0.5, 0.6) is 5.88 Å². The summed E-state index contributed by atoms with van der Waals surface area (Å²) < 4.78 is 7.12. The molecule has 2 aromatic heterocycles. The number of hydrogen-bond donors (Lipinski definition) is 1. The monoisotopic (exact) mass is 433 g/mol. The van der Waals surface area contributed by atoms with Crippen LogP contribution in [-0.2, 0) is 18.3 Å². The second kappa shape index (κ2) is 10.3. The maximum absolute atomic E-state index is 12.5. The number of aromatic nitrogens is 3. The van der Waals surface area contributed by atoms with Gasteiger partial charge in [-0.25, -0.2) is 9.67 Å². The zero-order valence-corrected chi connectivity index (χ0v) is 19.5. The average Bonchev–Trinajstić information content (AvgIpc) is 2.90. The number of nitrogens with zero attached hydrogens (tertiary/aromatic N) is 4. The summed E-state index contributed by atoms with van der Waals surface area (Å²) in [5.74, 6) is 0.686. The zero-order chi connectivity index (χ0) is 19.6. The molecule has 0 atom stereocenters. The number of pyridine rings is 1. The van der Waals surface area contributed by atoms with Crippen LogP contribution in [0.4, 0.5) is 0 Å². The smallest absolute Gasteiger partial charge is 0.242 e. The Morgan fingerprint density at radius 1 is 1.29 bits per heavy atom. The van der Waals surface area contributed by atoms with Crippen LogP contribution in [0.25, 0.3) is 11.0 Å². The van der Waals surface area contributed by atoms with Crippen molar-refractivity contribution in [2.45, 2.75) is 40.5 Å². The number of methoxy groups -OCH3 is 1. The van der Waals surface area contributed by atoms with Gasteiger partial charge < -0.3 is 15.4 Å². The first-order valence-electron chi connectivity index (χ1n) is 8.92. The third kappa shape index (κ3) is 5.49. The lowest BCUT2D eigenvalue weighted by Gasteiger charge is -2.29. The Morgan fingerprint density at radius 3 is 2.43 bits per heavy atom. The van der Waals surface area contributed by atoms with Gasteiger partial charge >= 0.3 is 0 Å². The van der Waals surface area contributed by atoms with Gasteiger partial charge in [0.15, 0.2) is 5.65 Å². The Hall–Kier alpha value is -1.57. The van der Waals surface area contributed by atoms with Gasteiger partial charge in [-0.3, -0.25) is 4.79 Å². The molecule has 0 fully saturated rings. The molecule has 0 unspecified atom stereocenters. The molecule has 28 heavy (non-hydrogen) atoms. The molecule has 0 aromatic carbocycles. The van der Waals surface area contributed by atoms with Crippen LogP contribution in [-0.4, -0.2) is 52.8 Å². The first-order chi connectivity index (χ1) is 12.1. The predicted molar refractivity (Wildman–Crippen MR) is 118 cm³/mol. The lowest BCUT2D eigenvalue weighted by Crippen LogP contribution is -2.39. The summed E-state index contributed by atoms with van der Waals surface area (Å²) in [6.07, 6.45) is 1.08. The van der Waals surface area contributed by atoms with Crippen LogP contribution in [0.1, 0.15) is 37.1 Å². The van der Waals surface area contributed by atoms with Crippen LogP contribution in [0.3, 0.4) is 0 Å². The highest BCUT2D eigenvalue weighted by molar-refractivity contribution is 5.86. The maximum Gasteiger partial charge on any atom is 0.242 e. The van der Waals surface area contributed by atoms with Crippen molar-refractivity contribution in [1.82, 2.24) is 19.7 Å². The highest BCUT2D eigenvalue weighted by atomic mass is 35.5. The number of hydrogen-bond acceptors (Lipinski definition) is 5. The van der Waals surface area contributed by atoms with E-state index in [1.165, 1.54) is 0 Å². The number of carbonyl (C=O) groups is 1. The third-order valence-corrected chi connectivity index (χ3v) is 4.95. The van der Waals surface area contributed by atoms with Gasteiger partial charge in [-0.1, -0.05) is 13.8 Å². The lowest BCUT2D eigenvalue weighted by atomic mass is 9.93. The molecule has 0 saturated heterocycles. The van der Waals surface area contributed by atoms with Gasteiger partial charge in [-0.2, -0.15) is 0 Å². The van der Waals surface area contributed by atoms with Crippen molar-refractivity contribution in [3.8, 4) is 5.88 Å². The first-order valence-corrected chi connectivity index (χ1v) is 8.92. The molecule has 1 amide bonds. The summed E-state index contributed by atoms with van der Waals surface area (Å²) in [6, 6.07) is 0. The third-order valence-electron chi connectivity index (χ3n) is 4.95. The van der Waals surface area contributed by atoms with E-state index in [1.807, 2.05) is 27.9 Å². The van der Waals surface area contributed by atoms with E-state index in [-0.39, 0.29) is 36.1 Å². The Labute approximate surface area is 179 Å². The molecule has 160 valence electrons. The second-order valence-corrected chi connectivity index (χ2v) is 7.75. The minimum atomic E-state index is -0.0835. The van der Waals surface area contributed by atoms with E-state index in [9.17, 15) is 4.79 Å². The number of amides is 1. The average molecular weight is 434 g/mol. The molecule has 2 rings (SSSR count). The molecule has 0 bridgehead atoms. The van der Waals surface area contributed by atoms with E-state index in [2.05, 4.69) is 23.9 Å². The largest absolute Gasteiger partial charge is 0.479 e. The number of aryl methyl sites for hydroxylation is 3. The minimum Gasteiger partial charge on any atom is -0.479 e. The molecule has 2 N–H and O–H groups in total. The number of fused-ring (bicyclic) bond motifs is 1. The molecule has 0 aliphatic heterocycles. The van der Waals surface area contributed by atoms with Crippen molar-refractivity contribution in [2.24, 2.45) is 18.2 Å². The van der Waals surface area contributed by atoms with Crippen LogP contribution in [0.2, 0.25) is 0 Å². The van der Waals surface area contributed by atoms with Crippen molar-refractivity contribution in [3.05, 3.63) is 16.8 Å². The molecule has 0 spiro atoms. The normalized spacial score (nSPS) is 11.0. The number of nitrogens with two attached hydrogens (primary N) is 1. The lowest BCUT2D eigenvalue weighted by molar-refractivity contribution is -0.131. The molecule has 0 radical (unpaired) electrons. The molecule has 0 aliphatic carbocycles. The van der Waals surface area contributed by atoms with Crippen LogP contribution in [0, 0.1) is 19.3 Å². The predicted octanol–water partition coefficient (Wildman–Crippen LogP) is 2.81. The second-order valence-electron chi connectivity index (χ2n) is 7.75. The van der Waals surface area contributed by atoms with Crippen molar-refractivity contribution >= 4 is 41.8 Å². The topological polar surface area (TPSA) is 86.3 Å². The van der Waals surface area contributed by atoms with E-state index < -0.39 is 0 Å². The fourth-order valence-corrected chi connectivity index (χ4v) is 3.32. The highest BCUT2D eigenvalue weighted by Crippen LogP contribution is 2.30. The number of rotatable bonds is 7. The van der Waals surface area contributed by atoms with Gasteiger partial charge in [0.1, 0.15) is 0 Å². The van der Waals surface area contributed by atoms with E-state index in [1.54, 1.807) is 16.7 Å². The molecule has 7 nitrogen and oxygen atoms in total. The molecule has 0 saturated carbocycles. The van der Waals surface area contributed by atoms with Crippen LogP contribution < -0.4 is 10.5 Å². The molecule has 2 heterocycles.